The summed E-state index contributed by atoms with van der Waals surface area (Å²) in [6.45, 7) is 1.86. The molecule has 8 heteroatoms. The van der Waals surface area contributed by atoms with Gasteiger partial charge < -0.3 is 9.84 Å². The normalized spacial score (nSPS) is 12.7. The molecule has 2 heterocycles. The van der Waals surface area contributed by atoms with Crippen LogP contribution in [0.1, 0.15) is 39.5 Å². The Kier molecular flexibility index (Phi) is 5.27. The molecular formula is C24H20ClFN4O2. The minimum atomic E-state index is -0.570. The van der Waals surface area contributed by atoms with Gasteiger partial charge in [-0.2, -0.15) is 5.10 Å². The molecule has 4 aromatic rings. The Morgan fingerprint density at radius 1 is 1.19 bits per heavy atom. The predicted molar refractivity (Wildman–Crippen MR) is 118 cm³/mol. The van der Waals surface area contributed by atoms with Crippen LogP contribution in [0.25, 0.3) is 16.9 Å². The first-order valence-corrected chi connectivity index (χ1v) is 10.8. The van der Waals surface area contributed by atoms with Crippen LogP contribution in [-0.4, -0.2) is 20.8 Å². The minimum Gasteiger partial charge on any atom is -0.360 e. The van der Waals surface area contributed by atoms with Crippen LogP contribution in [-0.2, 0) is 19.4 Å². The molecule has 2 aromatic heterocycles. The quantitative estimate of drug-likeness (QED) is 0.462. The lowest BCUT2D eigenvalue weighted by atomic mass is 10.0. The molecule has 162 valence electrons. The maximum absolute atomic E-state index is 14.4. The molecule has 0 unspecified atom stereocenters. The van der Waals surface area contributed by atoms with Gasteiger partial charge in [0.1, 0.15) is 22.8 Å². The molecule has 0 saturated heterocycles. The zero-order valence-corrected chi connectivity index (χ0v) is 18.1. The highest BCUT2D eigenvalue weighted by atomic mass is 35.5. The number of carbonyl (C=O) groups is 1. The van der Waals surface area contributed by atoms with Crippen molar-refractivity contribution in [1.82, 2.24) is 20.3 Å². The Bertz CT molecular complexity index is 1290. The molecule has 1 amide bonds. The van der Waals surface area contributed by atoms with E-state index >= 15 is 0 Å². The molecule has 0 bridgehead atoms. The van der Waals surface area contributed by atoms with E-state index in [-0.39, 0.29) is 34.1 Å². The molecule has 5 rings (SSSR count). The van der Waals surface area contributed by atoms with E-state index in [1.807, 2.05) is 35.0 Å². The predicted octanol–water partition coefficient (Wildman–Crippen LogP) is 5.05. The monoisotopic (exact) mass is 450 g/mol. The largest absolute Gasteiger partial charge is 0.360 e. The summed E-state index contributed by atoms with van der Waals surface area (Å²) in [5.41, 5.74) is 4.47. The summed E-state index contributed by atoms with van der Waals surface area (Å²) >= 11 is 6.18. The number of aryl methyl sites for hydroxylation is 1. The number of aromatic nitrogens is 3. The number of nitrogens with zero attached hydrogens (tertiary/aromatic N) is 3. The van der Waals surface area contributed by atoms with Crippen molar-refractivity contribution in [1.29, 1.82) is 0 Å². The molecule has 0 saturated carbocycles. The second-order valence-electron chi connectivity index (χ2n) is 7.71. The maximum atomic E-state index is 14.4. The van der Waals surface area contributed by atoms with Crippen LogP contribution < -0.4 is 5.32 Å². The first-order chi connectivity index (χ1) is 15.5. The van der Waals surface area contributed by atoms with E-state index in [9.17, 15) is 9.18 Å². The van der Waals surface area contributed by atoms with E-state index in [2.05, 4.69) is 10.5 Å². The highest BCUT2D eigenvalue weighted by molar-refractivity contribution is 6.33. The SMILES string of the molecule is Cc1onc(-c2c(F)cccc2Cl)c1C(=O)NCc1nn(-c2ccccc2)c2c1CCC2. The fourth-order valence-electron chi connectivity index (χ4n) is 4.23. The van der Waals surface area contributed by atoms with Crippen LogP contribution in [0.4, 0.5) is 4.39 Å². The molecule has 32 heavy (non-hydrogen) atoms. The summed E-state index contributed by atoms with van der Waals surface area (Å²) in [5.74, 6) is -0.699. The molecule has 2 aromatic carbocycles. The Labute approximate surface area is 189 Å². The average molecular weight is 451 g/mol. The number of amides is 1. The van der Waals surface area contributed by atoms with Crippen LogP contribution in [0.15, 0.2) is 53.1 Å². The van der Waals surface area contributed by atoms with Crippen LogP contribution in [0.2, 0.25) is 5.02 Å². The molecule has 0 radical (unpaired) electrons. The second kappa shape index (κ2) is 8.24. The maximum Gasteiger partial charge on any atom is 0.257 e. The molecule has 0 fully saturated rings. The van der Waals surface area contributed by atoms with Gasteiger partial charge in [-0.15, -0.1) is 0 Å². The van der Waals surface area contributed by atoms with Gasteiger partial charge in [-0.1, -0.05) is 41.0 Å². The standard InChI is InChI=1S/C24H20ClFN4O2/c1-14-21(23(29-32-14)22-17(25)10-6-11-18(22)26)24(31)27-13-19-16-9-5-12-20(16)30(28-19)15-7-3-2-4-8-15/h2-4,6-8,10-11H,5,9,12-13H2,1H3,(H,27,31). The van der Waals surface area contributed by atoms with Crippen molar-refractivity contribution in [3.05, 3.63) is 87.6 Å². The number of benzene rings is 2. The van der Waals surface area contributed by atoms with Gasteiger partial charge in [0.15, 0.2) is 0 Å². The van der Waals surface area contributed by atoms with Crippen molar-refractivity contribution in [3.63, 3.8) is 0 Å². The molecule has 1 aliphatic rings. The van der Waals surface area contributed by atoms with Crippen LogP contribution in [0.3, 0.4) is 0 Å². The lowest BCUT2D eigenvalue weighted by molar-refractivity contribution is 0.0949. The summed E-state index contributed by atoms with van der Waals surface area (Å²) in [5, 5.41) is 11.7. The molecule has 0 atom stereocenters. The third-order valence-electron chi connectivity index (χ3n) is 5.72. The number of rotatable bonds is 5. The van der Waals surface area contributed by atoms with Gasteiger partial charge >= 0.3 is 0 Å². The van der Waals surface area contributed by atoms with Crippen molar-refractivity contribution in [2.24, 2.45) is 0 Å². The number of carbonyl (C=O) groups excluding carboxylic acids is 1. The van der Waals surface area contributed by atoms with Crippen molar-refractivity contribution in [2.45, 2.75) is 32.7 Å². The topological polar surface area (TPSA) is 73.0 Å². The summed E-state index contributed by atoms with van der Waals surface area (Å²) in [4.78, 5) is 13.1. The van der Waals surface area contributed by atoms with Gasteiger partial charge in [0.2, 0.25) is 0 Å². The van der Waals surface area contributed by atoms with Crippen molar-refractivity contribution < 1.29 is 13.7 Å². The number of halogens is 2. The number of hydrogen-bond acceptors (Lipinski definition) is 4. The van der Waals surface area contributed by atoms with Crippen molar-refractivity contribution >= 4 is 17.5 Å². The van der Waals surface area contributed by atoms with E-state index in [1.165, 1.54) is 23.4 Å². The third-order valence-corrected chi connectivity index (χ3v) is 6.03. The fourth-order valence-corrected chi connectivity index (χ4v) is 4.48. The first kappa shape index (κ1) is 20.5. The number of fused-ring (bicyclic) bond motifs is 1. The van der Waals surface area contributed by atoms with Crippen LogP contribution in [0, 0.1) is 12.7 Å². The average Bonchev–Trinajstić information content (AvgIpc) is 3.49. The first-order valence-electron chi connectivity index (χ1n) is 10.4. The smallest absolute Gasteiger partial charge is 0.257 e. The fraction of sp³-hybridized carbons (Fsp3) is 0.208. The highest BCUT2D eigenvalue weighted by Crippen LogP contribution is 2.33. The number of nitrogens with one attached hydrogen (secondary N) is 1. The van der Waals surface area contributed by atoms with Gasteiger partial charge in [0.25, 0.3) is 5.91 Å². The summed E-state index contributed by atoms with van der Waals surface area (Å²) in [6, 6.07) is 14.3. The number of hydrogen-bond donors (Lipinski definition) is 1. The molecule has 1 aliphatic carbocycles. The summed E-state index contributed by atoms with van der Waals surface area (Å²) in [6.07, 6.45) is 2.93. The highest BCUT2D eigenvalue weighted by Gasteiger charge is 2.27. The van der Waals surface area contributed by atoms with E-state index in [1.54, 1.807) is 13.0 Å². The summed E-state index contributed by atoms with van der Waals surface area (Å²) in [7, 11) is 0. The molecule has 6 nitrogen and oxygen atoms in total. The van der Waals surface area contributed by atoms with E-state index in [0.29, 0.717) is 0 Å². The Hall–Kier alpha value is -3.45. The Balaban J connectivity index is 1.43. The van der Waals surface area contributed by atoms with E-state index in [0.717, 1.165) is 30.6 Å². The van der Waals surface area contributed by atoms with Crippen LogP contribution in [0.5, 0.6) is 0 Å². The molecule has 0 spiro atoms. The lowest BCUT2D eigenvalue weighted by Crippen LogP contribution is -2.24. The Morgan fingerprint density at radius 2 is 2.00 bits per heavy atom. The van der Waals surface area contributed by atoms with Crippen molar-refractivity contribution in [2.75, 3.05) is 0 Å². The van der Waals surface area contributed by atoms with Gasteiger partial charge in [-0.25, -0.2) is 9.07 Å². The van der Waals surface area contributed by atoms with Gasteiger partial charge in [-0.05, 0) is 56.0 Å². The Morgan fingerprint density at radius 3 is 2.78 bits per heavy atom. The molecule has 1 N–H and O–H groups in total. The lowest BCUT2D eigenvalue weighted by Gasteiger charge is -2.07. The van der Waals surface area contributed by atoms with E-state index < -0.39 is 11.7 Å². The number of para-hydroxylation sites is 1. The van der Waals surface area contributed by atoms with Crippen LogP contribution >= 0.6 is 11.6 Å². The van der Waals surface area contributed by atoms with Crippen molar-refractivity contribution in [3.8, 4) is 16.9 Å². The van der Waals surface area contributed by atoms with Gasteiger partial charge in [0.05, 0.1) is 28.5 Å². The third kappa shape index (κ3) is 3.48. The summed E-state index contributed by atoms with van der Waals surface area (Å²) < 4.78 is 21.6. The van der Waals surface area contributed by atoms with E-state index in [4.69, 9.17) is 21.2 Å². The van der Waals surface area contributed by atoms with Gasteiger partial charge in [-0.3, -0.25) is 4.79 Å². The zero-order valence-electron chi connectivity index (χ0n) is 17.4. The minimum absolute atomic E-state index is 0.0467. The zero-order chi connectivity index (χ0) is 22.2. The van der Waals surface area contributed by atoms with Gasteiger partial charge in [0, 0.05) is 5.69 Å². The molecule has 0 aliphatic heterocycles. The second-order valence-corrected chi connectivity index (χ2v) is 8.12. The molecular weight excluding hydrogens is 431 g/mol.